The number of aliphatic hydroxyl groups excluding tert-OH is 1. The zero-order valence-electron chi connectivity index (χ0n) is 9.74. The second kappa shape index (κ2) is 4.78. The van der Waals surface area contributed by atoms with Crippen molar-refractivity contribution in [2.75, 3.05) is 18.5 Å². The SMILES string of the molecule is Cc1cnc(NCC2(CO)CCCC2)nc1. The summed E-state index contributed by atoms with van der Waals surface area (Å²) in [6, 6.07) is 0. The summed E-state index contributed by atoms with van der Waals surface area (Å²) in [6.07, 6.45) is 8.24. The fraction of sp³-hybridized carbons (Fsp3) is 0.667. The topological polar surface area (TPSA) is 58.0 Å². The summed E-state index contributed by atoms with van der Waals surface area (Å²) in [5, 5.41) is 12.7. The van der Waals surface area contributed by atoms with Gasteiger partial charge >= 0.3 is 0 Å². The van der Waals surface area contributed by atoms with E-state index in [9.17, 15) is 5.11 Å². The van der Waals surface area contributed by atoms with E-state index in [4.69, 9.17) is 0 Å². The molecule has 88 valence electrons. The molecular weight excluding hydrogens is 202 g/mol. The second-order valence-corrected chi connectivity index (χ2v) is 4.80. The van der Waals surface area contributed by atoms with Gasteiger partial charge in [0.2, 0.25) is 5.95 Å². The minimum absolute atomic E-state index is 0.0498. The zero-order chi connectivity index (χ0) is 11.4. The summed E-state index contributed by atoms with van der Waals surface area (Å²) >= 11 is 0. The van der Waals surface area contributed by atoms with E-state index in [1.54, 1.807) is 12.4 Å². The Labute approximate surface area is 96.1 Å². The van der Waals surface area contributed by atoms with Crippen molar-refractivity contribution in [1.82, 2.24) is 9.97 Å². The van der Waals surface area contributed by atoms with Crippen molar-refractivity contribution in [3.63, 3.8) is 0 Å². The number of aromatic nitrogens is 2. The van der Waals surface area contributed by atoms with Crippen LogP contribution in [0.2, 0.25) is 0 Å². The largest absolute Gasteiger partial charge is 0.396 e. The van der Waals surface area contributed by atoms with E-state index in [1.165, 1.54) is 12.8 Å². The van der Waals surface area contributed by atoms with Gasteiger partial charge in [-0.15, -0.1) is 0 Å². The maximum absolute atomic E-state index is 9.46. The van der Waals surface area contributed by atoms with Gasteiger partial charge in [0.15, 0.2) is 0 Å². The Morgan fingerprint density at radius 2 is 1.94 bits per heavy atom. The van der Waals surface area contributed by atoms with E-state index in [2.05, 4.69) is 15.3 Å². The molecule has 1 aromatic heterocycles. The first-order valence-electron chi connectivity index (χ1n) is 5.87. The van der Waals surface area contributed by atoms with E-state index in [0.29, 0.717) is 5.95 Å². The Morgan fingerprint density at radius 1 is 1.31 bits per heavy atom. The fourth-order valence-corrected chi connectivity index (χ4v) is 2.27. The summed E-state index contributed by atoms with van der Waals surface area (Å²) in [6.45, 7) is 2.99. The molecule has 16 heavy (non-hydrogen) atoms. The van der Waals surface area contributed by atoms with E-state index < -0.39 is 0 Å². The van der Waals surface area contributed by atoms with Crippen molar-refractivity contribution >= 4 is 5.95 Å². The van der Waals surface area contributed by atoms with Gasteiger partial charge in [-0.1, -0.05) is 12.8 Å². The highest BCUT2D eigenvalue weighted by Gasteiger charge is 2.33. The van der Waals surface area contributed by atoms with Crippen LogP contribution < -0.4 is 5.32 Å². The number of hydrogen-bond acceptors (Lipinski definition) is 4. The predicted octanol–water partition coefficient (Wildman–Crippen LogP) is 1.75. The number of anilines is 1. The summed E-state index contributed by atoms with van der Waals surface area (Å²) in [4.78, 5) is 8.40. The average molecular weight is 221 g/mol. The second-order valence-electron chi connectivity index (χ2n) is 4.80. The summed E-state index contributed by atoms with van der Waals surface area (Å²) in [7, 11) is 0. The van der Waals surface area contributed by atoms with Crippen molar-refractivity contribution in [2.24, 2.45) is 5.41 Å². The first kappa shape index (κ1) is 11.3. The van der Waals surface area contributed by atoms with E-state index in [1.807, 2.05) is 6.92 Å². The summed E-state index contributed by atoms with van der Waals surface area (Å²) in [5.41, 5.74) is 1.11. The minimum atomic E-state index is 0.0498. The normalized spacial score (nSPS) is 18.6. The molecular formula is C12H19N3O. The molecule has 0 saturated heterocycles. The lowest BCUT2D eigenvalue weighted by molar-refractivity contribution is 0.142. The van der Waals surface area contributed by atoms with E-state index in [0.717, 1.165) is 24.9 Å². The quantitative estimate of drug-likeness (QED) is 0.813. The summed E-state index contributed by atoms with van der Waals surface area (Å²) in [5.74, 6) is 0.658. The van der Waals surface area contributed by atoms with E-state index in [-0.39, 0.29) is 12.0 Å². The lowest BCUT2D eigenvalue weighted by Crippen LogP contribution is -2.31. The van der Waals surface area contributed by atoms with Crippen LogP contribution in [0.1, 0.15) is 31.2 Å². The van der Waals surface area contributed by atoms with Crippen LogP contribution in [0.4, 0.5) is 5.95 Å². The number of rotatable bonds is 4. The van der Waals surface area contributed by atoms with Crippen LogP contribution in [-0.2, 0) is 0 Å². The van der Waals surface area contributed by atoms with Crippen molar-refractivity contribution < 1.29 is 5.11 Å². The molecule has 1 fully saturated rings. The number of hydrogen-bond donors (Lipinski definition) is 2. The Balaban J connectivity index is 1.93. The van der Waals surface area contributed by atoms with Gasteiger partial charge in [-0.3, -0.25) is 0 Å². The molecule has 0 spiro atoms. The molecule has 0 amide bonds. The van der Waals surface area contributed by atoms with Crippen LogP contribution in [0.25, 0.3) is 0 Å². The van der Waals surface area contributed by atoms with E-state index >= 15 is 0 Å². The van der Waals surface area contributed by atoms with Crippen molar-refractivity contribution in [3.8, 4) is 0 Å². The van der Waals surface area contributed by atoms with Gasteiger partial charge in [-0.2, -0.15) is 0 Å². The molecule has 0 atom stereocenters. The van der Waals surface area contributed by atoms with Gasteiger partial charge < -0.3 is 10.4 Å². The standard InChI is InChI=1S/C12H19N3O/c1-10-6-13-11(14-7-10)15-8-12(9-16)4-2-3-5-12/h6-7,16H,2-5,8-9H2,1H3,(H,13,14,15). The molecule has 4 heteroatoms. The maximum atomic E-state index is 9.46. The van der Waals surface area contributed by atoms with Crippen molar-refractivity contribution in [1.29, 1.82) is 0 Å². The zero-order valence-corrected chi connectivity index (χ0v) is 9.74. The number of nitrogens with one attached hydrogen (secondary N) is 1. The monoisotopic (exact) mass is 221 g/mol. The molecule has 1 heterocycles. The first-order valence-corrected chi connectivity index (χ1v) is 5.87. The van der Waals surface area contributed by atoms with Gasteiger partial charge in [0.05, 0.1) is 6.61 Å². The van der Waals surface area contributed by atoms with Gasteiger partial charge in [0.25, 0.3) is 0 Å². The van der Waals surface area contributed by atoms with Gasteiger partial charge in [0.1, 0.15) is 0 Å². The number of aryl methyl sites for hydroxylation is 1. The molecule has 0 bridgehead atoms. The van der Waals surface area contributed by atoms with Crippen LogP contribution in [-0.4, -0.2) is 28.2 Å². The molecule has 1 aliphatic rings. The third kappa shape index (κ3) is 2.50. The van der Waals surface area contributed by atoms with Crippen molar-refractivity contribution in [3.05, 3.63) is 18.0 Å². The molecule has 2 rings (SSSR count). The Morgan fingerprint density at radius 3 is 2.50 bits per heavy atom. The number of nitrogens with zero attached hydrogens (tertiary/aromatic N) is 2. The van der Waals surface area contributed by atoms with Gasteiger partial charge in [-0.25, -0.2) is 9.97 Å². The summed E-state index contributed by atoms with van der Waals surface area (Å²) < 4.78 is 0. The molecule has 1 aromatic rings. The third-order valence-corrected chi connectivity index (χ3v) is 3.40. The molecule has 0 aromatic carbocycles. The van der Waals surface area contributed by atoms with Crippen LogP contribution in [0.5, 0.6) is 0 Å². The highest BCUT2D eigenvalue weighted by Crippen LogP contribution is 2.37. The highest BCUT2D eigenvalue weighted by molar-refractivity contribution is 5.25. The van der Waals surface area contributed by atoms with Crippen LogP contribution in [0.15, 0.2) is 12.4 Å². The van der Waals surface area contributed by atoms with Gasteiger partial charge in [-0.05, 0) is 25.3 Å². The Hall–Kier alpha value is -1.16. The lowest BCUT2D eigenvalue weighted by atomic mass is 9.87. The lowest BCUT2D eigenvalue weighted by Gasteiger charge is -2.26. The number of aliphatic hydroxyl groups is 1. The highest BCUT2D eigenvalue weighted by atomic mass is 16.3. The molecule has 0 radical (unpaired) electrons. The van der Waals surface area contributed by atoms with Crippen LogP contribution in [0, 0.1) is 12.3 Å². The van der Waals surface area contributed by atoms with Crippen LogP contribution >= 0.6 is 0 Å². The Bertz CT molecular complexity index is 331. The minimum Gasteiger partial charge on any atom is -0.396 e. The molecule has 0 aliphatic heterocycles. The smallest absolute Gasteiger partial charge is 0.222 e. The average Bonchev–Trinajstić information content (AvgIpc) is 2.78. The first-order chi connectivity index (χ1) is 7.74. The molecule has 1 saturated carbocycles. The predicted molar refractivity (Wildman–Crippen MR) is 63.2 cm³/mol. The van der Waals surface area contributed by atoms with Crippen LogP contribution in [0.3, 0.4) is 0 Å². The fourth-order valence-electron chi connectivity index (χ4n) is 2.27. The molecule has 4 nitrogen and oxygen atoms in total. The molecule has 1 aliphatic carbocycles. The molecule has 0 unspecified atom stereocenters. The van der Waals surface area contributed by atoms with Crippen molar-refractivity contribution in [2.45, 2.75) is 32.6 Å². The maximum Gasteiger partial charge on any atom is 0.222 e. The third-order valence-electron chi connectivity index (χ3n) is 3.40. The Kier molecular flexibility index (Phi) is 3.39. The van der Waals surface area contributed by atoms with Gasteiger partial charge in [0, 0.05) is 24.4 Å². The molecule has 2 N–H and O–H groups in total.